The first-order chi connectivity index (χ1) is 8.10. The highest BCUT2D eigenvalue weighted by molar-refractivity contribution is 5.84. The molecule has 90 valence electrons. The van der Waals surface area contributed by atoms with Crippen LogP contribution in [0.2, 0.25) is 0 Å². The van der Waals surface area contributed by atoms with E-state index in [1.807, 2.05) is 25.1 Å². The predicted octanol–water partition coefficient (Wildman–Crippen LogP) is 1.33. The molecule has 5 nitrogen and oxygen atoms in total. The van der Waals surface area contributed by atoms with Crippen LogP contribution in [-0.4, -0.2) is 12.5 Å². The lowest BCUT2D eigenvalue weighted by molar-refractivity contribution is -0.143. The van der Waals surface area contributed by atoms with Gasteiger partial charge in [-0.15, -0.1) is 0 Å². The fourth-order valence-electron chi connectivity index (χ4n) is 1.69. The Morgan fingerprint density at radius 1 is 1.41 bits per heavy atom. The number of esters is 1. The average molecular weight is 234 g/mol. The highest BCUT2D eigenvalue weighted by Gasteiger charge is 2.08. The molecule has 1 aromatic carbocycles. The first-order valence-electron chi connectivity index (χ1n) is 5.24. The van der Waals surface area contributed by atoms with E-state index < -0.39 is 5.97 Å². The van der Waals surface area contributed by atoms with Gasteiger partial charge >= 0.3 is 5.97 Å². The van der Waals surface area contributed by atoms with Gasteiger partial charge in [-0.05, 0) is 30.7 Å². The summed E-state index contributed by atoms with van der Waals surface area (Å²) in [5, 5.41) is 0.904. The topological polar surface area (TPSA) is 91.5 Å². The van der Waals surface area contributed by atoms with Gasteiger partial charge in [0, 0.05) is 11.1 Å². The molecule has 2 aromatic rings. The largest absolute Gasteiger partial charge is 0.457 e. The van der Waals surface area contributed by atoms with Crippen LogP contribution in [0.4, 0.5) is 5.69 Å². The summed E-state index contributed by atoms with van der Waals surface area (Å²) in [7, 11) is 0. The third kappa shape index (κ3) is 2.39. The van der Waals surface area contributed by atoms with Crippen LogP contribution in [-0.2, 0) is 16.1 Å². The molecule has 4 N–H and O–H groups in total. The molecule has 0 saturated heterocycles. The first-order valence-corrected chi connectivity index (χ1v) is 5.24. The van der Waals surface area contributed by atoms with Crippen molar-refractivity contribution in [2.24, 2.45) is 5.73 Å². The van der Waals surface area contributed by atoms with Crippen molar-refractivity contribution in [1.29, 1.82) is 0 Å². The standard InChI is InChI=1S/C12H14N2O3/c1-7-2-9(14)3-8-4-10(17-12(7)8)6-16-11(15)5-13/h2-4H,5-6,13-14H2,1H3. The summed E-state index contributed by atoms with van der Waals surface area (Å²) in [4.78, 5) is 10.9. The second-order valence-electron chi connectivity index (χ2n) is 3.83. The number of fused-ring (bicyclic) bond motifs is 1. The zero-order valence-corrected chi connectivity index (χ0v) is 9.53. The maximum Gasteiger partial charge on any atom is 0.320 e. The smallest absolute Gasteiger partial charge is 0.320 e. The lowest BCUT2D eigenvalue weighted by Crippen LogP contribution is -2.16. The molecule has 1 aromatic heterocycles. The van der Waals surface area contributed by atoms with E-state index in [9.17, 15) is 4.79 Å². The third-order valence-corrected chi connectivity index (χ3v) is 2.42. The van der Waals surface area contributed by atoms with E-state index in [1.54, 1.807) is 0 Å². The monoisotopic (exact) mass is 234 g/mol. The molecule has 17 heavy (non-hydrogen) atoms. The number of carbonyl (C=O) groups is 1. The molecule has 0 aliphatic carbocycles. The Morgan fingerprint density at radius 3 is 2.88 bits per heavy atom. The summed E-state index contributed by atoms with van der Waals surface area (Å²) in [6.07, 6.45) is 0. The number of nitrogens with two attached hydrogens (primary N) is 2. The van der Waals surface area contributed by atoms with Crippen molar-refractivity contribution < 1.29 is 13.9 Å². The molecule has 2 rings (SSSR count). The van der Waals surface area contributed by atoms with Crippen molar-refractivity contribution in [3.8, 4) is 0 Å². The van der Waals surface area contributed by atoms with Crippen molar-refractivity contribution >= 4 is 22.6 Å². The summed E-state index contributed by atoms with van der Waals surface area (Å²) in [6, 6.07) is 5.46. The van der Waals surface area contributed by atoms with E-state index in [2.05, 4.69) is 0 Å². The molecule has 0 atom stereocenters. The van der Waals surface area contributed by atoms with Crippen molar-refractivity contribution in [2.75, 3.05) is 12.3 Å². The van der Waals surface area contributed by atoms with Gasteiger partial charge < -0.3 is 20.6 Å². The van der Waals surface area contributed by atoms with Crippen molar-refractivity contribution in [2.45, 2.75) is 13.5 Å². The van der Waals surface area contributed by atoms with Crippen molar-refractivity contribution in [3.05, 3.63) is 29.5 Å². The Labute approximate surface area is 98.3 Å². The summed E-state index contributed by atoms with van der Waals surface area (Å²) in [5.41, 5.74) is 13.3. The minimum atomic E-state index is -0.457. The zero-order valence-electron chi connectivity index (χ0n) is 9.53. The maximum absolute atomic E-state index is 10.9. The summed E-state index contributed by atoms with van der Waals surface area (Å²) < 4.78 is 10.5. The number of furan rings is 1. The minimum Gasteiger partial charge on any atom is -0.457 e. The highest BCUT2D eigenvalue weighted by atomic mass is 16.5. The quantitative estimate of drug-likeness (QED) is 0.617. The van der Waals surface area contributed by atoms with Crippen LogP contribution in [0.25, 0.3) is 11.0 Å². The third-order valence-electron chi connectivity index (χ3n) is 2.42. The molecule has 0 bridgehead atoms. The molecule has 0 fully saturated rings. The normalized spacial score (nSPS) is 10.7. The lowest BCUT2D eigenvalue weighted by atomic mass is 10.1. The number of rotatable bonds is 3. The van der Waals surface area contributed by atoms with Gasteiger partial charge in [0.15, 0.2) is 0 Å². The van der Waals surface area contributed by atoms with E-state index >= 15 is 0 Å². The number of anilines is 1. The molecular formula is C12H14N2O3. The van der Waals surface area contributed by atoms with Gasteiger partial charge in [0.05, 0.1) is 6.54 Å². The maximum atomic E-state index is 10.9. The highest BCUT2D eigenvalue weighted by Crippen LogP contribution is 2.25. The Balaban J connectivity index is 2.26. The summed E-state index contributed by atoms with van der Waals surface area (Å²) in [5.74, 6) is 0.122. The van der Waals surface area contributed by atoms with Crippen molar-refractivity contribution in [3.63, 3.8) is 0 Å². The van der Waals surface area contributed by atoms with E-state index in [0.29, 0.717) is 11.4 Å². The second-order valence-corrected chi connectivity index (χ2v) is 3.83. The zero-order chi connectivity index (χ0) is 12.4. The Morgan fingerprint density at radius 2 is 2.18 bits per heavy atom. The second kappa shape index (κ2) is 4.47. The Kier molecular flexibility index (Phi) is 3.01. The van der Waals surface area contributed by atoms with Gasteiger partial charge in [0.2, 0.25) is 0 Å². The molecule has 0 saturated carbocycles. The number of hydrogen-bond donors (Lipinski definition) is 2. The number of nitrogen functional groups attached to an aromatic ring is 1. The van der Waals surface area contributed by atoms with Gasteiger partial charge in [-0.3, -0.25) is 4.79 Å². The summed E-state index contributed by atoms with van der Waals surface area (Å²) in [6.45, 7) is 1.87. The van der Waals surface area contributed by atoms with Crippen LogP contribution in [0.15, 0.2) is 22.6 Å². The molecule has 0 unspecified atom stereocenters. The van der Waals surface area contributed by atoms with Crippen LogP contribution >= 0.6 is 0 Å². The SMILES string of the molecule is Cc1cc(N)cc2cc(COC(=O)CN)oc12. The Bertz CT molecular complexity index is 560. The lowest BCUT2D eigenvalue weighted by Gasteiger charge is -1.99. The molecule has 0 aliphatic heterocycles. The number of carbonyl (C=O) groups excluding carboxylic acids is 1. The van der Waals surface area contributed by atoms with Gasteiger partial charge in [-0.1, -0.05) is 0 Å². The molecule has 0 radical (unpaired) electrons. The average Bonchev–Trinajstić information content (AvgIpc) is 2.69. The van der Waals surface area contributed by atoms with E-state index in [-0.39, 0.29) is 13.2 Å². The van der Waals surface area contributed by atoms with Crippen LogP contribution < -0.4 is 11.5 Å². The molecule has 0 amide bonds. The van der Waals surface area contributed by atoms with Gasteiger partial charge in [0.1, 0.15) is 18.0 Å². The molecule has 5 heteroatoms. The van der Waals surface area contributed by atoms with Gasteiger partial charge in [-0.25, -0.2) is 0 Å². The van der Waals surface area contributed by atoms with Crippen molar-refractivity contribution in [1.82, 2.24) is 0 Å². The van der Waals surface area contributed by atoms with E-state index in [4.69, 9.17) is 20.6 Å². The Hall–Kier alpha value is -2.01. The minimum absolute atomic E-state index is 0.0874. The number of aryl methyl sites for hydroxylation is 1. The van der Waals surface area contributed by atoms with Gasteiger partial charge in [-0.2, -0.15) is 0 Å². The molecule has 1 heterocycles. The fourth-order valence-corrected chi connectivity index (χ4v) is 1.69. The van der Waals surface area contributed by atoms with Crippen LogP contribution in [0.5, 0.6) is 0 Å². The van der Waals surface area contributed by atoms with Gasteiger partial charge in [0.25, 0.3) is 0 Å². The fraction of sp³-hybridized carbons (Fsp3) is 0.250. The predicted molar refractivity (Wildman–Crippen MR) is 64.2 cm³/mol. The first kappa shape index (κ1) is 11.5. The molecule has 0 aliphatic rings. The number of benzene rings is 1. The number of hydrogen-bond acceptors (Lipinski definition) is 5. The summed E-state index contributed by atoms with van der Waals surface area (Å²) >= 11 is 0. The van der Waals surface area contributed by atoms with E-state index in [1.165, 1.54) is 0 Å². The van der Waals surface area contributed by atoms with E-state index in [0.717, 1.165) is 16.5 Å². The molecule has 0 spiro atoms. The number of ether oxygens (including phenoxy) is 1. The van der Waals surface area contributed by atoms with Crippen LogP contribution in [0, 0.1) is 6.92 Å². The van der Waals surface area contributed by atoms with Crippen LogP contribution in [0.1, 0.15) is 11.3 Å². The molecular weight excluding hydrogens is 220 g/mol. The van der Waals surface area contributed by atoms with Crippen LogP contribution in [0.3, 0.4) is 0 Å².